The number of likely N-dealkylation sites (tertiary alicyclic amines) is 1. The van der Waals surface area contributed by atoms with Crippen LogP contribution in [0.5, 0.6) is 0 Å². The molecule has 4 nitrogen and oxygen atoms in total. The number of carbonyl (C=O) groups excluding carboxylic acids is 1. The summed E-state index contributed by atoms with van der Waals surface area (Å²) in [7, 11) is 2.05. The molecule has 0 aliphatic carbocycles. The van der Waals surface area contributed by atoms with Crippen LogP contribution in [0.3, 0.4) is 0 Å². The fourth-order valence-corrected chi connectivity index (χ4v) is 3.76. The third-order valence-electron chi connectivity index (χ3n) is 4.42. The smallest absolute Gasteiger partial charge is 0.279 e. The number of nitrogens with zero attached hydrogens (tertiary/aromatic N) is 1. The van der Waals surface area contributed by atoms with Crippen molar-refractivity contribution in [2.45, 2.75) is 18.9 Å². The molecule has 1 aromatic carbocycles. The molecule has 6 heteroatoms. The molecule has 2 heterocycles. The molecule has 1 aliphatic rings. The van der Waals surface area contributed by atoms with E-state index < -0.39 is 0 Å². The average molecular weight is 353 g/mol. The van der Waals surface area contributed by atoms with Crippen LogP contribution in [-0.4, -0.2) is 23.6 Å². The number of halogens is 2. The van der Waals surface area contributed by atoms with Crippen molar-refractivity contribution >= 4 is 34.8 Å². The van der Waals surface area contributed by atoms with Gasteiger partial charge in [0, 0.05) is 31.1 Å². The van der Waals surface area contributed by atoms with Crippen molar-refractivity contribution in [3.63, 3.8) is 0 Å². The highest BCUT2D eigenvalue weighted by atomic mass is 35.5. The summed E-state index contributed by atoms with van der Waals surface area (Å²) < 4.78 is 2.14. The first-order chi connectivity index (χ1) is 11.0. The van der Waals surface area contributed by atoms with E-state index in [1.54, 1.807) is 18.2 Å². The van der Waals surface area contributed by atoms with Gasteiger partial charge in [0.1, 0.15) is 6.04 Å². The molecule has 2 N–H and O–H groups in total. The maximum absolute atomic E-state index is 12.4. The van der Waals surface area contributed by atoms with Gasteiger partial charge in [0.25, 0.3) is 5.91 Å². The van der Waals surface area contributed by atoms with Crippen molar-refractivity contribution < 1.29 is 9.69 Å². The molecule has 0 saturated carbocycles. The quantitative estimate of drug-likeness (QED) is 0.872. The summed E-state index contributed by atoms with van der Waals surface area (Å²) in [6.07, 6.45) is 4.31. The Balaban J connectivity index is 1.66. The summed E-state index contributed by atoms with van der Waals surface area (Å²) in [6, 6.07) is 9.66. The highest BCUT2D eigenvalue weighted by molar-refractivity contribution is 6.36. The molecule has 1 aliphatic heterocycles. The van der Waals surface area contributed by atoms with E-state index in [2.05, 4.69) is 35.3 Å². The number of amides is 1. The number of aromatic nitrogens is 1. The Morgan fingerprint density at radius 1 is 1.39 bits per heavy atom. The van der Waals surface area contributed by atoms with Gasteiger partial charge in [0.15, 0.2) is 6.54 Å². The minimum Gasteiger partial charge on any atom is -0.350 e. The zero-order valence-electron chi connectivity index (χ0n) is 13.0. The normalized spacial score (nSPS) is 20.7. The van der Waals surface area contributed by atoms with Crippen LogP contribution in [0.25, 0.3) is 0 Å². The van der Waals surface area contributed by atoms with E-state index in [0.29, 0.717) is 28.3 Å². The van der Waals surface area contributed by atoms with E-state index in [4.69, 9.17) is 23.2 Å². The van der Waals surface area contributed by atoms with Crippen molar-refractivity contribution in [2.24, 2.45) is 7.05 Å². The lowest BCUT2D eigenvalue weighted by molar-refractivity contribution is -0.910. The van der Waals surface area contributed by atoms with Gasteiger partial charge in [-0.1, -0.05) is 23.2 Å². The number of quaternary nitrogens is 1. The van der Waals surface area contributed by atoms with E-state index in [0.717, 1.165) is 19.4 Å². The van der Waals surface area contributed by atoms with Gasteiger partial charge in [-0.15, -0.1) is 0 Å². The summed E-state index contributed by atoms with van der Waals surface area (Å²) in [4.78, 5) is 13.7. The fraction of sp³-hybridized carbons (Fsp3) is 0.353. The highest BCUT2D eigenvalue weighted by Crippen LogP contribution is 2.25. The second-order valence-corrected chi connectivity index (χ2v) is 6.84. The van der Waals surface area contributed by atoms with Gasteiger partial charge in [-0.05, 0) is 30.3 Å². The van der Waals surface area contributed by atoms with Crippen LogP contribution in [0.4, 0.5) is 5.69 Å². The minimum atomic E-state index is -0.0228. The Hall–Kier alpha value is -1.49. The molecule has 1 fully saturated rings. The van der Waals surface area contributed by atoms with Crippen molar-refractivity contribution in [2.75, 3.05) is 18.4 Å². The molecule has 0 spiro atoms. The molecular formula is C17H20Cl2N3O+. The molecule has 2 aromatic rings. The number of anilines is 1. The Labute approximate surface area is 146 Å². The number of rotatable bonds is 4. The lowest BCUT2D eigenvalue weighted by Crippen LogP contribution is -3.11. The molecule has 0 bridgehead atoms. The maximum Gasteiger partial charge on any atom is 0.279 e. The largest absolute Gasteiger partial charge is 0.350 e. The van der Waals surface area contributed by atoms with E-state index >= 15 is 0 Å². The standard InChI is InChI=1S/C17H19Cl2N3O/c1-21-8-2-4-15(21)16-5-3-9-22(16)11-17(23)20-14-7-6-12(18)10-13(14)19/h2,4,6-8,10,16H,3,5,9,11H2,1H3,(H,20,23)/p+1/t16-/m1/s1. The Morgan fingerprint density at radius 2 is 2.22 bits per heavy atom. The van der Waals surface area contributed by atoms with E-state index in [1.165, 1.54) is 10.6 Å². The van der Waals surface area contributed by atoms with Gasteiger partial charge in [-0.25, -0.2) is 0 Å². The third-order valence-corrected chi connectivity index (χ3v) is 4.97. The zero-order chi connectivity index (χ0) is 16.4. The van der Waals surface area contributed by atoms with Gasteiger partial charge in [-0.3, -0.25) is 4.79 Å². The highest BCUT2D eigenvalue weighted by Gasteiger charge is 2.33. The summed E-state index contributed by atoms with van der Waals surface area (Å²) in [5.41, 5.74) is 1.89. The van der Waals surface area contributed by atoms with Crippen molar-refractivity contribution in [3.05, 3.63) is 52.3 Å². The predicted octanol–water partition coefficient (Wildman–Crippen LogP) is 2.69. The molecule has 1 saturated heterocycles. The van der Waals surface area contributed by atoms with Gasteiger partial charge in [-0.2, -0.15) is 0 Å². The lowest BCUT2D eigenvalue weighted by Gasteiger charge is -2.21. The summed E-state index contributed by atoms with van der Waals surface area (Å²) in [6.45, 7) is 1.45. The fourth-order valence-electron chi connectivity index (χ4n) is 3.31. The molecule has 23 heavy (non-hydrogen) atoms. The first-order valence-corrected chi connectivity index (χ1v) is 8.51. The topological polar surface area (TPSA) is 38.5 Å². The maximum atomic E-state index is 12.4. The van der Waals surface area contributed by atoms with Crippen molar-refractivity contribution in [1.29, 1.82) is 0 Å². The van der Waals surface area contributed by atoms with Crippen LogP contribution in [0.15, 0.2) is 36.5 Å². The number of nitrogens with one attached hydrogen (secondary N) is 2. The summed E-state index contributed by atoms with van der Waals surface area (Å²) in [5.74, 6) is -0.0228. The molecule has 1 amide bonds. The van der Waals surface area contributed by atoms with Crippen LogP contribution >= 0.6 is 23.2 Å². The molecule has 122 valence electrons. The summed E-state index contributed by atoms with van der Waals surface area (Å²) in [5, 5.41) is 3.90. The molecule has 2 atom stereocenters. The lowest BCUT2D eigenvalue weighted by atomic mass is 10.1. The number of hydrogen-bond donors (Lipinski definition) is 2. The average Bonchev–Trinajstić information content (AvgIpc) is 3.10. The first-order valence-electron chi connectivity index (χ1n) is 7.75. The SMILES string of the molecule is Cn1cccc1[C@H]1CCC[NH+]1CC(=O)Nc1ccc(Cl)cc1Cl. The molecular weight excluding hydrogens is 333 g/mol. The molecule has 0 radical (unpaired) electrons. The second kappa shape index (κ2) is 6.95. The monoisotopic (exact) mass is 352 g/mol. The van der Waals surface area contributed by atoms with Gasteiger partial charge < -0.3 is 14.8 Å². The van der Waals surface area contributed by atoms with Gasteiger partial charge in [0.05, 0.1) is 22.9 Å². The van der Waals surface area contributed by atoms with Crippen molar-refractivity contribution in [1.82, 2.24) is 4.57 Å². The van der Waals surface area contributed by atoms with Gasteiger partial charge in [0.2, 0.25) is 0 Å². The van der Waals surface area contributed by atoms with E-state index in [-0.39, 0.29) is 5.91 Å². The summed E-state index contributed by atoms with van der Waals surface area (Å²) >= 11 is 12.0. The molecule has 1 aromatic heterocycles. The van der Waals surface area contributed by atoms with Crippen LogP contribution in [0.1, 0.15) is 24.6 Å². The minimum absolute atomic E-state index is 0.0228. The van der Waals surface area contributed by atoms with Gasteiger partial charge >= 0.3 is 0 Å². The number of hydrogen-bond acceptors (Lipinski definition) is 1. The predicted molar refractivity (Wildman–Crippen MR) is 93.2 cm³/mol. The Kier molecular flexibility index (Phi) is 4.95. The van der Waals surface area contributed by atoms with Crippen molar-refractivity contribution in [3.8, 4) is 0 Å². The number of aryl methyl sites for hydroxylation is 1. The van der Waals surface area contributed by atoms with Crippen LogP contribution < -0.4 is 10.2 Å². The van der Waals surface area contributed by atoms with E-state index in [1.807, 2.05) is 0 Å². The number of benzene rings is 1. The Morgan fingerprint density at radius 3 is 2.91 bits per heavy atom. The van der Waals surface area contributed by atoms with Crippen LogP contribution in [0, 0.1) is 0 Å². The molecule has 3 rings (SSSR count). The molecule has 1 unspecified atom stereocenters. The Bertz CT molecular complexity index is 714. The third kappa shape index (κ3) is 3.71. The number of carbonyl (C=O) groups is 1. The second-order valence-electron chi connectivity index (χ2n) is 6.00. The van der Waals surface area contributed by atoms with E-state index in [9.17, 15) is 4.79 Å². The van der Waals surface area contributed by atoms with Crippen LogP contribution in [0.2, 0.25) is 10.0 Å². The zero-order valence-corrected chi connectivity index (χ0v) is 14.5. The first kappa shape index (κ1) is 16.4. The van der Waals surface area contributed by atoms with Crippen LogP contribution in [-0.2, 0) is 11.8 Å².